The molecule has 18 heavy (non-hydrogen) atoms. The Kier molecular flexibility index (Phi) is 8.69. The van der Waals surface area contributed by atoms with Gasteiger partial charge in [-0.05, 0) is 13.3 Å². The van der Waals surface area contributed by atoms with Crippen LogP contribution in [0.3, 0.4) is 0 Å². The number of nitrogens with one attached hydrogen (secondary N) is 1. The number of ether oxygens (including phenoxy) is 1. The average molecular weight is 280 g/mol. The molecule has 0 aromatic rings. The van der Waals surface area contributed by atoms with Crippen LogP contribution in [-0.2, 0) is 14.8 Å². The van der Waals surface area contributed by atoms with Crippen LogP contribution in [0.15, 0.2) is 4.99 Å². The average Bonchev–Trinajstić information content (AvgIpc) is 2.34. The first-order valence-corrected chi connectivity index (χ1v) is 7.51. The maximum Gasteiger partial charge on any atom is 0.213 e. The lowest BCUT2D eigenvalue weighted by molar-refractivity contribution is 0.204. The Morgan fingerprint density at radius 2 is 2.17 bits per heavy atom. The van der Waals surface area contributed by atoms with Gasteiger partial charge < -0.3 is 15.8 Å². The first kappa shape index (κ1) is 17.1. The van der Waals surface area contributed by atoms with Gasteiger partial charge in [0.05, 0.1) is 12.4 Å². The number of hydrogen-bond donors (Lipinski definition) is 2. The predicted molar refractivity (Wildman–Crippen MR) is 73.1 cm³/mol. The highest BCUT2D eigenvalue weighted by molar-refractivity contribution is 7.89. The van der Waals surface area contributed by atoms with Crippen LogP contribution >= 0.6 is 0 Å². The molecule has 0 aromatic heterocycles. The summed E-state index contributed by atoms with van der Waals surface area (Å²) >= 11 is 0. The fraction of sp³-hybridized carbons (Fsp3) is 0.900. The van der Waals surface area contributed by atoms with E-state index in [1.54, 1.807) is 21.1 Å². The summed E-state index contributed by atoms with van der Waals surface area (Å²) in [6.07, 6.45) is 0.641. The molecule has 0 fully saturated rings. The van der Waals surface area contributed by atoms with Crippen molar-refractivity contribution < 1.29 is 13.2 Å². The van der Waals surface area contributed by atoms with E-state index in [0.717, 1.165) is 0 Å². The Bertz CT molecular complexity index is 343. The number of sulfonamides is 1. The van der Waals surface area contributed by atoms with Crippen molar-refractivity contribution in [3.8, 4) is 0 Å². The van der Waals surface area contributed by atoms with Crippen molar-refractivity contribution in [2.75, 3.05) is 46.2 Å². The van der Waals surface area contributed by atoms with Gasteiger partial charge in [0.25, 0.3) is 0 Å². The lowest BCUT2D eigenvalue weighted by Gasteiger charge is -2.14. The van der Waals surface area contributed by atoms with Gasteiger partial charge in [-0.15, -0.1) is 0 Å². The van der Waals surface area contributed by atoms with E-state index in [1.165, 1.54) is 4.31 Å². The molecule has 0 atom stereocenters. The van der Waals surface area contributed by atoms with Crippen molar-refractivity contribution in [3.63, 3.8) is 0 Å². The molecule has 8 heteroatoms. The topological polar surface area (TPSA) is 97.0 Å². The lowest BCUT2D eigenvalue weighted by Crippen LogP contribution is -2.34. The van der Waals surface area contributed by atoms with Crippen LogP contribution in [0.5, 0.6) is 0 Å². The third-order valence-electron chi connectivity index (χ3n) is 2.37. The fourth-order valence-corrected chi connectivity index (χ4v) is 2.04. The van der Waals surface area contributed by atoms with Gasteiger partial charge in [0, 0.05) is 33.8 Å². The highest BCUT2D eigenvalue weighted by Crippen LogP contribution is 1.98. The first-order chi connectivity index (χ1) is 8.44. The second-order valence-electron chi connectivity index (χ2n) is 3.76. The summed E-state index contributed by atoms with van der Waals surface area (Å²) in [4.78, 5) is 4.08. The molecule has 0 aliphatic heterocycles. The van der Waals surface area contributed by atoms with Gasteiger partial charge in [0.1, 0.15) is 0 Å². The zero-order chi connectivity index (χ0) is 14.0. The highest BCUT2D eigenvalue weighted by Gasteiger charge is 2.13. The molecule has 0 radical (unpaired) electrons. The largest absolute Gasteiger partial charge is 0.383 e. The number of guanidine groups is 1. The van der Waals surface area contributed by atoms with E-state index in [4.69, 9.17) is 10.5 Å². The quantitative estimate of drug-likeness (QED) is 0.328. The van der Waals surface area contributed by atoms with Gasteiger partial charge in [-0.3, -0.25) is 4.99 Å². The van der Waals surface area contributed by atoms with E-state index in [0.29, 0.717) is 38.6 Å². The van der Waals surface area contributed by atoms with Crippen LogP contribution in [0.4, 0.5) is 0 Å². The predicted octanol–water partition coefficient (Wildman–Crippen LogP) is -0.791. The second kappa shape index (κ2) is 9.12. The van der Waals surface area contributed by atoms with E-state index >= 15 is 0 Å². The van der Waals surface area contributed by atoms with Crippen molar-refractivity contribution in [3.05, 3.63) is 0 Å². The fourth-order valence-electron chi connectivity index (χ4n) is 1.19. The molecule has 0 spiro atoms. The number of nitrogens with zero attached hydrogens (tertiary/aromatic N) is 2. The van der Waals surface area contributed by atoms with Crippen LogP contribution in [0.25, 0.3) is 0 Å². The number of methoxy groups -OCH3 is 1. The van der Waals surface area contributed by atoms with Gasteiger partial charge in [-0.25, -0.2) is 12.7 Å². The van der Waals surface area contributed by atoms with Gasteiger partial charge in [0.2, 0.25) is 10.0 Å². The van der Waals surface area contributed by atoms with Crippen molar-refractivity contribution >= 4 is 16.0 Å². The van der Waals surface area contributed by atoms with Crippen LogP contribution in [-0.4, -0.2) is 64.8 Å². The molecule has 0 aliphatic carbocycles. The third kappa shape index (κ3) is 7.46. The van der Waals surface area contributed by atoms with Crippen LogP contribution < -0.4 is 11.1 Å². The van der Waals surface area contributed by atoms with Gasteiger partial charge in [-0.1, -0.05) is 0 Å². The summed E-state index contributed by atoms with van der Waals surface area (Å²) in [6, 6.07) is 0. The molecule has 0 amide bonds. The van der Waals surface area contributed by atoms with Crippen molar-refractivity contribution in [1.82, 2.24) is 9.62 Å². The molecule has 0 saturated heterocycles. The highest BCUT2D eigenvalue weighted by atomic mass is 32.2. The maximum absolute atomic E-state index is 11.4. The summed E-state index contributed by atoms with van der Waals surface area (Å²) in [7, 11) is 0.0873. The molecule has 0 rings (SSSR count). The van der Waals surface area contributed by atoms with Crippen LogP contribution in [0.1, 0.15) is 13.3 Å². The molecule has 0 heterocycles. The molecule has 0 saturated carbocycles. The molecule has 0 aliphatic rings. The summed E-state index contributed by atoms with van der Waals surface area (Å²) in [5.74, 6) is 0.473. The summed E-state index contributed by atoms with van der Waals surface area (Å²) in [6.45, 7) is 3.74. The second-order valence-corrected chi connectivity index (χ2v) is 6.13. The van der Waals surface area contributed by atoms with Crippen molar-refractivity contribution in [1.29, 1.82) is 0 Å². The number of rotatable bonds is 9. The molecule has 7 nitrogen and oxygen atoms in total. The van der Waals surface area contributed by atoms with Crippen molar-refractivity contribution in [2.24, 2.45) is 10.7 Å². The molecule has 3 N–H and O–H groups in total. The number of hydrogen-bond acceptors (Lipinski definition) is 4. The maximum atomic E-state index is 11.4. The lowest BCUT2D eigenvalue weighted by atomic mass is 10.4. The Morgan fingerprint density at radius 1 is 1.50 bits per heavy atom. The molecular formula is C10H24N4O3S. The number of aliphatic imine (C=N–C) groups is 1. The Balaban J connectivity index is 3.81. The standard InChI is InChI=1S/C10H24N4O3S/c1-4-18(15,16)14(2)8-5-6-12-10(11)13-7-9-17-3/h4-9H2,1-3H3,(H3,11,12,13). The summed E-state index contributed by atoms with van der Waals surface area (Å²) in [5, 5.41) is 2.88. The Labute approximate surface area is 109 Å². The van der Waals surface area contributed by atoms with E-state index in [2.05, 4.69) is 10.3 Å². The minimum atomic E-state index is -3.10. The van der Waals surface area contributed by atoms with E-state index in [9.17, 15) is 8.42 Å². The molecule has 108 valence electrons. The third-order valence-corrected chi connectivity index (χ3v) is 4.23. The van der Waals surface area contributed by atoms with Crippen molar-refractivity contribution in [2.45, 2.75) is 13.3 Å². The Hall–Kier alpha value is -0.860. The SMILES string of the molecule is CCS(=O)(=O)N(C)CCCN=C(N)NCCOC. The monoisotopic (exact) mass is 280 g/mol. The zero-order valence-corrected chi connectivity index (χ0v) is 12.2. The first-order valence-electron chi connectivity index (χ1n) is 5.90. The molecule has 0 unspecified atom stereocenters. The molecular weight excluding hydrogens is 256 g/mol. The van der Waals surface area contributed by atoms with Gasteiger partial charge in [-0.2, -0.15) is 0 Å². The van der Waals surface area contributed by atoms with E-state index in [1.807, 2.05) is 0 Å². The zero-order valence-electron chi connectivity index (χ0n) is 11.3. The smallest absolute Gasteiger partial charge is 0.213 e. The summed E-state index contributed by atoms with van der Waals surface area (Å²) < 4.78 is 29.1. The van der Waals surface area contributed by atoms with Crippen LogP contribution in [0.2, 0.25) is 0 Å². The number of nitrogens with two attached hydrogens (primary N) is 1. The normalized spacial score (nSPS) is 13.0. The van der Waals surface area contributed by atoms with E-state index in [-0.39, 0.29) is 5.75 Å². The summed E-state index contributed by atoms with van der Waals surface area (Å²) in [5.41, 5.74) is 5.59. The van der Waals surface area contributed by atoms with Gasteiger partial charge in [0.15, 0.2) is 5.96 Å². The molecule has 0 bridgehead atoms. The Morgan fingerprint density at radius 3 is 2.72 bits per heavy atom. The van der Waals surface area contributed by atoms with Gasteiger partial charge >= 0.3 is 0 Å². The molecule has 0 aromatic carbocycles. The van der Waals surface area contributed by atoms with Crippen LogP contribution in [0, 0.1) is 0 Å². The minimum absolute atomic E-state index is 0.119. The van der Waals surface area contributed by atoms with E-state index < -0.39 is 10.0 Å². The minimum Gasteiger partial charge on any atom is -0.383 e.